The zero-order valence-corrected chi connectivity index (χ0v) is 16.8. The van der Waals surface area contributed by atoms with Crippen LogP contribution in [-0.2, 0) is 4.79 Å². The topological polar surface area (TPSA) is 125 Å². The van der Waals surface area contributed by atoms with Crippen molar-refractivity contribution >= 4 is 29.0 Å². The Kier molecular flexibility index (Phi) is 6.07. The number of rotatable bonds is 7. The molecule has 0 atom stereocenters. The second-order valence-corrected chi connectivity index (χ2v) is 7.06. The van der Waals surface area contributed by atoms with Crippen LogP contribution in [0.15, 0.2) is 41.6 Å². The fourth-order valence-electron chi connectivity index (χ4n) is 2.50. The Balaban J connectivity index is 1.70. The fraction of sp³-hybridized carbons (Fsp3) is 0.222. The molecule has 150 valence electrons. The average molecular weight is 414 g/mol. The van der Waals surface area contributed by atoms with E-state index in [2.05, 4.69) is 20.8 Å². The summed E-state index contributed by atoms with van der Waals surface area (Å²) in [4.78, 5) is 23.0. The number of benzene rings is 2. The van der Waals surface area contributed by atoms with Gasteiger partial charge in [-0.2, -0.15) is 4.68 Å². The molecule has 3 aromatic rings. The van der Waals surface area contributed by atoms with E-state index >= 15 is 0 Å². The van der Waals surface area contributed by atoms with Crippen LogP contribution in [0.5, 0.6) is 5.75 Å². The third kappa shape index (κ3) is 4.69. The van der Waals surface area contributed by atoms with E-state index in [1.165, 1.54) is 25.3 Å². The summed E-state index contributed by atoms with van der Waals surface area (Å²) in [6.45, 7) is 4.00. The van der Waals surface area contributed by atoms with Gasteiger partial charge in [-0.15, -0.1) is 5.10 Å². The monoisotopic (exact) mass is 414 g/mol. The summed E-state index contributed by atoms with van der Waals surface area (Å²) in [5.41, 5.74) is 2.87. The third-order valence-electron chi connectivity index (χ3n) is 4.18. The summed E-state index contributed by atoms with van der Waals surface area (Å²) < 4.78 is 6.53. The number of nitro benzene ring substituents is 1. The van der Waals surface area contributed by atoms with Crippen molar-refractivity contribution in [1.82, 2.24) is 20.2 Å². The number of aryl methyl sites for hydroxylation is 2. The minimum atomic E-state index is -0.578. The molecule has 0 bridgehead atoms. The van der Waals surface area contributed by atoms with E-state index < -0.39 is 10.8 Å². The summed E-state index contributed by atoms with van der Waals surface area (Å²) in [7, 11) is 1.41. The number of anilines is 1. The molecule has 0 saturated carbocycles. The van der Waals surface area contributed by atoms with Crippen LogP contribution in [0.4, 0.5) is 11.4 Å². The number of amides is 1. The average Bonchev–Trinajstić information content (AvgIpc) is 3.17. The molecule has 0 spiro atoms. The van der Waals surface area contributed by atoms with Crippen molar-refractivity contribution in [3.63, 3.8) is 0 Å². The van der Waals surface area contributed by atoms with Gasteiger partial charge in [0, 0.05) is 0 Å². The van der Waals surface area contributed by atoms with Crippen LogP contribution in [0.3, 0.4) is 0 Å². The Labute approximate surface area is 170 Å². The van der Waals surface area contributed by atoms with Crippen LogP contribution >= 0.6 is 11.8 Å². The smallest absolute Gasteiger partial charge is 0.296 e. The lowest BCUT2D eigenvalue weighted by Crippen LogP contribution is -2.15. The maximum absolute atomic E-state index is 12.3. The lowest BCUT2D eigenvalue weighted by molar-refractivity contribution is -0.384. The molecule has 1 N–H and O–H groups in total. The highest BCUT2D eigenvalue weighted by atomic mass is 32.2. The Morgan fingerprint density at radius 1 is 1.24 bits per heavy atom. The van der Waals surface area contributed by atoms with Crippen molar-refractivity contribution in [2.24, 2.45) is 0 Å². The van der Waals surface area contributed by atoms with E-state index in [0.29, 0.717) is 10.9 Å². The number of tetrazole rings is 1. The standard InChI is InChI=1S/C18H18N6O4S/c1-11-4-5-13(8-12(11)2)23-18(20-21-22-23)29-10-17(25)19-15-7-6-14(28-3)9-16(15)24(26)27/h4-9H,10H2,1-3H3,(H,19,25). The van der Waals surface area contributed by atoms with Gasteiger partial charge in [0.1, 0.15) is 11.4 Å². The van der Waals surface area contributed by atoms with E-state index in [4.69, 9.17) is 4.74 Å². The molecule has 1 amide bonds. The second-order valence-electron chi connectivity index (χ2n) is 6.12. The number of nitro groups is 1. The third-order valence-corrected chi connectivity index (χ3v) is 5.10. The van der Waals surface area contributed by atoms with Gasteiger partial charge >= 0.3 is 0 Å². The van der Waals surface area contributed by atoms with Crippen LogP contribution in [-0.4, -0.2) is 43.9 Å². The maximum atomic E-state index is 12.3. The minimum absolute atomic E-state index is 0.0194. The molecular formula is C18H18N6O4S. The van der Waals surface area contributed by atoms with Crippen molar-refractivity contribution in [3.8, 4) is 11.4 Å². The summed E-state index contributed by atoms with van der Waals surface area (Å²) in [6, 6.07) is 10.0. The molecule has 0 saturated heterocycles. The molecular weight excluding hydrogens is 396 g/mol. The molecule has 11 heteroatoms. The molecule has 2 aromatic carbocycles. The lowest BCUT2D eigenvalue weighted by atomic mass is 10.1. The van der Waals surface area contributed by atoms with Crippen molar-refractivity contribution < 1.29 is 14.5 Å². The van der Waals surface area contributed by atoms with E-state index in [0.717, 1.165) is 28.6 Å². The van der Waals surface area contributed by atoms with E-state index in [-0.39, 0.29) is 17.1 Å². The summed E-state index contributed by atoms with van der Waals surface area (Å²) in [5.74, 6) is -0.108. The molecule has 29 heavy (non-hydrogen) atoms. The second kappa shape index (κ2) is 8.69. The number of nitrogens with one attached hydrogen (secondary N) is 1. The number of hydrogen-bond acceptors (Lipinski definition) is 8. The zero-order chi connectivity index (χ0) is 21.0. The number of carbonyl (C=O) groups excluding carboxylic acids is 1. The fourth-order valence-corrected chi connectivity index (χ4v) is 3.19. The molecule has 3 rings (SSSR count). The van der Waals surface area contributed by atoms with Crippen LogP contribution in [0.2, 0.25) is 0 Å². The van der Waals surface area contributed by atoms with Crippen molar-refractivity contribution in [2.45, 2.75) is 19.0 Å². The first-order valence-corrected chi connectivity index (χ1v) is 9.48. The molecule has 0 aliphatic heterocycles. The highest BCUT2D eigenvalue weighted by Gasteiger charge is 2.18. The number of nitrogens with zero attached hydrogens (tertiary/aromatic N) is 5. The number of aromatic nitrogens is 4. The van der Waals surface area contributed by atoms with E-state index in [1.807, 2.05) is 32.0 Å². The first-order valence-electron chi connectivity index (χ1n) is 8.50. The van der Waals surface area contributed by atoms with Gasteiger partial charge in [0.15, 0.2) is 0 Å². The number of carbonyl (C=O) groups is 1. The van der Waals surface area contributed by atoms with E-state index in [1.54, 1.807) is 4.68 Å². The van der Waals surface area contributed by atoms with Gasteiger partial charge in [0.2, 0.25) is 11.1 Å². The number of ether oxygens (including phenoxy) is 1. The Morgan fingerprint density at radius 3 is 2.72 bits per heavy atom. The van der Waals surface area contributed by atoms with E-state index in [9.17, 15) is 14.9 Å². The van der Waals surface area contributed by atoms with Gasteiger partial charge in [0.25, 0.3) is 5.69 Å². The number of hydrogen-bond donors (Lipinski definition) is 1. The summed E-state index contributed by atoms with van der Waals surface area (Å²) in [6.07, 6.45) is 0. The highest BCUT2D eigenvalue weighted by Crippen LogP contribution is 2.29. The van der Waals surface area contributed by atoms with Crippen molar-refractivity contribution in [3.05, 3.63) is 57.6 Å². The van der Waals surface area contributed by atoms with Crippen LogP contribution in [0.25, 0.3) is 5.69 Å². The maximum Gasteiger partial charge on any atom is 0.296 e. The first kappa shape index (κ1) is 20.3. The lowest BCUT2D eigenvalue weighted by Gasteiger charge is -2.08. The SMILES string of the molecule is COc1ccc(NC(=O)CSc2nnnn2-c2ccc(C)c(C)c2)c([N+](=O)[O-])c1. The van der Waals surface area contributed by atoms with Crippen LogP contribution < -0.4 is 10.1 Å². The van der Waals surface area contributed by atoms with Crippen LogP contribution in [0.1, 0.15) is 11.1 Å². The Hall–Kier alpha value is -3.47. The van der Waals surface area contributed by atoms with Gasteiger partial charge in [-0.25, -0.2) is 0 Å². The Morgan fingerprint density at radius 2 is 2.03 bits per heavy atom. The van der Waals surface area contributed by atoms with Gasteiger partial charge in [-0.1, -0.05) is 17.8 Å². The predicted molar refractivity (Wildman–Crippen MR) is 108 cm³/mol. The number of methoxy groups -OCH3 is 1. The normalized spacial score (nSPS) is 10.6. The van der Waals surface area contributed by atoms with Crippen LogP contribution in [0, 0.1) is 24.0 Å². The Bertz CT molecular complexity index is 1070. The highest BCUT2D eigenvalue weighted by molar-refractivity contribution is 7.99. The predicted octanol–water partition coefficient (Wildman–Crippen LogP) is 2.93. The molecule has 0 radical (unpaired) electrons. The van der Waals surface area contributed by atoms with Gasteiger partial charge in [0.05, 0.1) is 29.5 Å². The number of thioether (sulfide) groups is 1. The molecule has 10 nitrogen and oxygen atoms in total. The summed E-state index contributed by atoms with van der Waals surface area (Å²) in [5, 5.41) is 25.8. The van der Waals surface area contributed by atoms with Crippen molar-refractivity contribution in [1.29, 1.82) is 0 Å². The first-order chi connectivity index (χ1) is 13.9. The zero-order valence-electron chi connectivity index (χ0n) is 15.9. The minimum Gasteiger partial charge on any atom is -0.496 e. The van der Waals surface area contributed by atoms with Gasteiger partial charge in [-0.3, -0.25) is 14.9 Å². The molecule has 0 aliphatic carbocycles. The molecule has 1 heterocycles. The molecule has 0 unspecified atom stereocenters. The largest absolute Gasteiger partial charge is 0.496 e. The molecule has 0 aliphatic rings. The molecule has 0 fully saturated rings. The van der Waals surface area contributed by atoms with Crippen molar-refractivity contribution in [2.75, 3.05) is 18.2 Å². The molecule has 1 aromatic heterocycles. The van der Waals surface area contributed by atoms with Gasteiger partial charge < -0.3 is 10.1 Å². The quantitative estimate of drug-likeness (QED) is 0.355. The van der Waals surface area contributed by atoms with Gasteiger partial charge in [-0.05, 0) is 59.7 Å². The summed E-state index contributed by atoms with van der Waals surface area (Å²) >= 11 is 1.13.